The Morgan fingerprint density at radius 1 is 1.17 bits per heavy atom. The third-order valence-corrected chi connectivity index (χ3v) is 6.53. The van der Waals surface area contributed by atoms with Gasteiger partial charge in [0.2, 0.25) is 11.8 Å². The van der Waals surface area contributed by atoms with Gasteiger partial charge in [-0.1, -0.05) is 0 Å². The minimum Gasteiger partial charge on any atom is -0.459 e. The predicted molar refractivity (Wildman–Crippen MR) is 107 cm³/mol. The maximum atomic E-state index is 12.8. The number of likely N-dealkylation sites (tertiary alicyclic amines) is 2. The molecule has 2 aliphatic heterocycles. The van der Waals surface area contributed by atoms with E-state index in [9.17, 15) is 14.4 Å². The number of piperidine rings is 1. The fourth-order valence-corrected chi connectivity index (χ4v) is 4.84. The van der Waals surface area contributed by atoms with Gasteiger partial charge in [0, 0.05) is 30.9 Å². The number of hydrogen-bond acceptors (Lipinski definition) is 6. The number of amides is 3. The number of nitrogens with zero attached hydrogens (tertiary/aromatic N) is 3. The summed E-state index contributed by atoms with van der Waals surface area (Å²) in [4.78, 5) is 45.0. The lowest BCUT2D eigenvalue weighted by molar-refractivity contribution is -0.141. The molecule has 4 heterocycles. The van der Waals surface area contributed by atoms with Gasteiger partial charge in [-0.3, -0.25) is 14.4 Å². The molecule has 0 aromatic carbocycles. The first-order valence-corrected chi connectivity index (χ1v) is 10.7. The summed E-state index contributed by atoms with van der Waals surface area (Å²) in [6, 6.07) is 3.22. The summed E-state index contributed by atoms with van der Waals surface area (Å²) in [5.74, 6) is 0.711. The van der Waals surface area contributed by atoms with Crippen LogP contribution in [-0.4, -0.2) is 58.2 Å². The molecule has 8 nitrogen and oxygen atoms in total. The smallest absolute Gasteiger partial charge is 0.273 e. The van der Waals surface area contributed by atoms with E-state index in [1.165, 1.54) is 11.3 Å². The van der Waals surface area contributed by atoms with E-state index in [4.69, 9.17) is 10.2 Å². The van der Waals surface area contributed by atoms with Crippen molar-refractivity contribution in [2.75, 3.05) is 19.6 Å². The molecule has 0 saturated carbocycles. The first kappa shape index (κ1) is 19.6. The van der Waals surface area contributed by atoms with Crippen LogP contribution < -0.4 is 5.73 Å². The molecule has 3 amide bonds. The van der Waals surface area contributed by atoms with Crippen molar-refractivity contribution >= 4 is 29.1 Å². The van der Waals surface area contributed by atoms with Crippen LogP contribution in [0.25, 0.3) is 10.8 Å². The largest absolute Gasteiger partial charge is 0.459 e. The van der Waals surface area contributed by atoms with Crippen LogP contribution in [0, 0.1) is 12.8 Å². The van der Waals surface area contributed by atoms with Gasteiger partial charge in [-0.15, -0.1) is 11.3 Å². The van der Waals surface area contributed by atoms with Crippen molar-refractivity contribution < 1.29 is 18.8 Å². The number of furan rings is 1. The Kier molecular flexibility index (Phi) is 5.40. The lowest BCUT2D eigenvalue weighted by atomic mass is 9.94. The SMILES string of the molecule is Cc1ccc(-c2nc(C(=O)N3CCC(C(=O)N4CCC[C@@H]4C(N)=O)CC3)cs2)o1. The predicted octanol–water partition coefficient (Wildman–Crippen LogP) is 2.04. The van der Waals surface area contributed by atoms with E-state index in [0.717, 1.165) is 12.2 Å². The summed E-state index contributed by atoms with van der Waals surface area (Å²) in [5, 5.41) is 2.42. The van der Waals surface area contributed by atoms with E-state index in [1.54, 1.807) is 15.2 Å². The van der Waals surface area contributed by atoms with Crippen molar-refractivity contribution in [3.8, 4) is 10.8 Å². The van der Waals surface area contributed by atoms with Crippen molar-refractivity contribution in [2.45, 2.75) is 38.6 Å². The maximum absolute atomic E-state index is 12.8. The second kappa shape index (κ2) is 7.98. The molecule has 2 saturated heterocycles. The van der Waals surface area contributed by atoms with Gasteiger partial charge in [0.1, 0.15) is 17.5 Å². The van der Waals surface area contributed by atoms with Crippen LogP contribution in [0.1, 0.15) is 41.9 Å². The number of primary amides is 1. The first-order chi connectivity index (χ1) is 13.9. The van der Waals surface area contributed by atoms with Gasteiger partial charge in [-0.05, 0) is 44.7 Å². The lowest BCUT2D eigenvalue weighted by Gasteiger charge is -2.34. The molecule has 2 aliphatic rings. The molecular formula is C20H24N4O4S. The fraction of sp³-hybridized carbons (Fsp3) is 0.500. The average Bonchev–Trinajstić information content (AvgIpc) is 3.46. The molecule has 0 bridgehead atoms. The quantitative estimate of drug-likeness (QED) is 0.820. The Morgan fingerprint density at radius 3 is 2.59 bits per heavy atom. The molecule has 154 valence electrons. The van der Waals surface area contributed by atoms with E-state index >= 15 is 0 Å². The van der Waals surface area contributed by atoms with Crippen molar-refractivity contribution in [3.63, 3.8) is 0 Å². The van der Waals surface area contributed by atoms with Gasteiger partial charge < -0.3 is 20.0 Å². The van der Waals surface area contributed by atoms with Crippen LogP contribution in [0.5, 0.6) is 0 Å². The highest BCUT2D eigenvalue weighted by molar-refractivity contribution is 7.13. The molecule has 0 spiro atoms. The Morgan fingerprint density at radius 2 is 1.93 bits per heavy atom. The Labute approximate surface area is 172 Å². The second-order valence-electron chi connectivity index (χ2n) is 7.61. The second-order valence-corrected chi connectivity index (χ2v) is 8.46. The van der Waals surface area contributed by atoms with E-state index < -0.39 is 11.9 Å². The van der Waals surface area contributed by atoms with Gasteiger partial charge in [-0.2, -0.15) is 0 Å². The fourth-order valence-electron chi connectivity index (χ4n) is 4.09. The van der Waals surface area contributed by atoms with E-state index in [-0.39, 0.29) is 17.7 Å². The van der Waals surface area contributed by atoms with Crippen LogP contribution in [-0.2, 0) is 9.59 Å². The molecule has 9 heteroatoms. The van der Waals surface area contributed by atoms with Gasteiger partial charge in [0.15, 0.2) is 10.8 Å². The highest BCUT2D eigenvalue weighted by Crippen LogP contribution is 2.28. The minimum atomic E-state index is -0.485. The molecule has 2 fully saturated rings. The number of aromatic nitrogens is 1. The summed E-state index contributed by atoms with van der Waals surface area (Å²) in [6.45, 7) is 3.44. The molecule has 1 atom stereocenters. The number of rotatable bonds is 4. The average molecular weight is 417 g/mol. The van der Waals surface area contributed by atoms with Crippen molar-refractivity contribution in [2.24, 2.45) is 11.7 Å². The normalized spacial score (nSPS) is 20.2. The van der Waals surface area contributed by atoms with Crippen LogP contribution in [0.3, 0.4) is 0 Å². The minimum absolute atomic E-state index is 0.0115. The van der Waals surface area contributed by atoms with Crippen molar-refractivity contribution in [1.29, 1.82) is 0 Å². The van der Waals surface area contributed by atoms with Crippen molar-refractivity contribution in [1.82, 2.24) is 14.8 Å². The molecule has 0 aliphatic carbocycles. The molecule has 4 rings (SSSR count). The molecular weight excluding hydrogens is 392 g/mol. The van der Waals surface area contributed by atoms with Crippen molar-refractivity contribution in [3.05, 3.63) is 29.0 Å². The molecule has 29 heavy (non-hydrogen) atoms. The zero-order valence-electron chi connectivity index (χ0n) is 16.3. The molecule has 0 radical (unpaired) electrons. The third-order valence-electron chi connectivity index (χ3n) is 5.67. The Hall–Kier alpha value is -2.68. The summed E-state index contributed by atoms with van der Waals surface area (Å²) < 4.78 is 5.57. The van der Waals surface area contributed by atoms with E-state index in [1.807, 2.05) is 19.1 Å². The number of nitrogens with two attached hydrogens (primary N) is 1. The highest BCUT2D eigenvalue weighted by atomic mass is 32.1. The Bertz CT molecular complexity index is 929. The number of carbonyl (C=O) groups is 3. The topological polar surface area (TPSA) is 110 Å². The van der Waals surface area contributed by atoms with Gasteiger partial charge >= 0.3 is 0 Å². The van der Waals surface area contributed by atoms with Crippen LogP contribution >= 0.6 is 11.3 Å². The standard InChI is InChI=1S/C20H24N4O4S/c1-12-4-5-16(28-12)18-22-14(11-29-18)20(27)23-9-6-13(7-10-23)19(26)24-8-2-3-15(24)17(21)25/h4-5,11,13,15H,2-3,6-10H2,1H3,(H2,21,25)/t15-/m1/s1. The molecule has 0 unspecified atom stereocenters. The zero-order valence-corrected chi connectivity index (χ0v) is 17.1. The molecule has 2 N–H and O–H groups in total. The van der Waals surface area contributed by atoms with Crippen LogP contribution in [0.15, 0.2) is 21.9 Å². The van der Waals surface area contributed by atoms with Gasteiger partial charge in [-0.25, -0.2) is 4.98 Å². The first-order valence-electron chi connectivity index (χ1n) is 9.85. The van der Waals surface area contributed by atoms with Gasteiger partial charge in [0.25, 0.3) is 5.91 Å². The number of hydrogen-bond donors (Lipinski definition) is 1. The summed E-state index contributed by atoms with van der Waals surface area (Å²) >= 11 is 1.38. The third kappa shape index (κ3) is 3.91. The lowest BCUT2D eigenvalue weighted by Crippen LogP contribution is -2.49. The number of carbonyl (C=O) groups excluding carboxylic acids is 3. The molecule has 2 aromatic heterocycles. The van der Waals surface area contributed by atoms with Crippen LogP contribution in [0.4, 0.5) is 0 Å². The summed E-state index contributed by atoms with van der Waals surface area (Å²) in [7, 11) is 0. The highest BCUT2D eigenvalue weighted by Gasteiger charge is 2.37. The van der Waals surface area contributed by atoms with Gasteiger partial charge in [0.05, 0.1) is 0 Å². The maximum Gasteiger partial charge on any atom is 0.273 e. The number of aryl methyl sites for hydroxylation is 1. The summed E-state index contributed by atoms with van der Waals surface area (Å²) in [6.07, 6.45) is 2.61. The number of thiazole rings is 1. The molecule has 2 aromatic rings. The zero-order chi connectivity index (χ0) is 20.5. The summed E-state index contributed by atoms with van der Waals surface area (Å²) in [5.41, 5.74) is 5.83. The van der Waals surface area contributed by atoms with E-state index in [2.05, 4.69) is 4.98 Å². The van der Waals surface area contributed by atoms with E-state index in [0.29, 0.717) is 55.4 Å². The Balaban J connectivity index is 1.36. The van der Waals surface area contributed by atoms with Crippen LogP contribution in [0.2, 0.25) is 0 Å². The monoisotopic (exact) mass is 416 g/mol.